The molecule has 0 aromatic rings. The summed E-state index contributed by atoms with van der Waals surface area (Å²) in [4.78, 5) is 57.5. The molecule has 6 aliphatic rings. The Kier molecular flexibility index (Phi) is 9.34. The highest BCUT2D eigenvalue weighted by atomic mass is 16.5. The molecule has 8 nitrogen and oxygen atoms in total. The van der Waals surface area contributed by atoms with Gasteiger partial charge in [-0.25, -0.2) is 0 Å². The van der Waals surface area contributed by atoms with Gasteiger partial charge in [0, 0.05) is 31.6 Å². The van der Waals surface area contributed by atoms with Crippen molar-refractivity contribution in [2.24, 2.45) is 56.2 Å². The summed E-state index contributed by atoms with van der Waals surface area (Å²) in [5.74, 6) is -0.206. The second-order valence-corrected chi connectivity index (χ2v) is 19.9. The lowest BCUT2D eigenvalue weighted by Crippen LogP contribution is -2.66. The third-order valence-corrected chi connectivity index (χ3v) is 16.5. The summed E-state index contributed by atoms with van der Waals surface area (Å²) in [5.41, 5.74) is 0.994. The average Bonchev–Trinajstić information content (AvgIpc) is 3.43. The molecule has 0 spiro atoms. The molecule has 1 unspecified atom stereocenters. The third kappa shape index (κ3) is 5.45. The zero-order chi connectivity index (χ0) is 36.8. The van der Waals surface area contributed by atoms with Crippen LogP contribution in [0.15, 0.2) is 11.1 Å². The lowest BCUT2D eigenvalue weighted by atomic mass is 9.33. The molecule has 1 aliphatic heterocycles. The van der Waals surface area contributed by atoms with Crippen LogP contribution in [0.5, 0.6) is 0 Å². The van der Waals surface area contributed by atoms with Crippen LogP contribution in [-0.4, -0.2) is 77.9 Å². The molecule has 8 atom stereocenters. The SMILES string of the molecule is CC(C)C1=C2[C@H]3CC[C@@H]4[C@@]5(C)CC[C@H](OC(=O)CC(C)(C)C(=O)O)C(C)(C)C5CC[C@@]4(C)[C@]3(C)CC[C@@]2(C(=O)C(=O)N2CCN(C)CC2)CC1. The van der Waals surface area contributed by atoms with Crippen LogP contribution in [-0.2, 0) is 23.9 Å². The standard InChI is InChI=1S/C42H66N2O6/c1-26(2)27-13-18-42(34(46)35(47)44-23-21-43(10)22-24-44)20-19-40(8)28(33(27)42)11-12-30-39(7)16-15-31(50-32(45)25-37(3,4)36(48)49)38(5,6)29(39)14-17-41(30,40)9/h26,28-31H,11-25H2,1-10H3,(H,48,49)/t28-,29?,30-,31+,39+,40-,41-,42+/m1/s1. The topological polar surface area (TPSA) is 104 Å². The highest BCUT2D eigenvalue weighted by molar-refractivity contribution is 6.39. The number of carbonyl (C=O) groups is 4. The smallest absolute Gasteiger partial charge is 0.309 e. The molecule has 1 heterocycles. The van der Waals surface area contributed by atoms with Crippen LogP contribution >= 0.6 is 0 Å². The van der Waals surface area contributed by atoms with E-state index in [-0.39, 0.29) is 45.9 Å². The van der Waals surface area contributed by atoms with Crippen molar-refractivity contribution in [2.75, 3.05) is 33.2 Å². The van der Waals surface area contributed by atoms with E-state index >= 15 is 0 Å². The Balaban J connectivity index is 1.28. The van der Waals surface area contributed by atoms with E-state index in [2.05, 4.69) is 60.4 Å². The second-order valence-electron chi connectivity index (χ2n) is 19.9. The number of aliphatic carboxylic acids is 1. The van der Waals surface area contributed by atoms with Gasteiger partial charge >= 0.3 is 11.9 Å². The number of amides is 1. The number of rotatable bonds is 7. The first-order chi connectivity index (χ1) is 23.2. The largest absolute Gasteiger partial charge is 0.481 e. The molecule has 50 heavy (non-hydrogen) atoms. The Morgan fingerprint density at radius 3 is 2.12 bits per heavy atom. The van der Waals surface area contributed by atoms with Gasteiger partial charge in [-0.15, -0.1) is 0 Å². The molecule has 4 saturated carbocycles. The van der Waals surface area contributed by atoms with Crippen LogP contribution in [0.25, 0.3) is 0 Å². The number of hydrogen-bond acceptors (Lipinski definition) is 6. The van der Waals surface area contributed by atoms with Crippen molar-refractivity contribution in [1.29, 1.82) is 0 Å². The Morgan fingerprint density at radius 1 is 0.840 bits per heavy atom. The number of ketones is 1. The number of piperazine rings is 1. The predicted octanol–water partition coefficient (Wildman–Crippen LogP) is 7.54. The summed E-state index contributed by atoms with van der Waals surface area (Å²) < 4.78 is 6.16. The molecule has 0 aromatic carbocycles. The van der Waals surface area contributed by atoms with Crippen molar-refractivity contribution in [1.82, 2.24) is 9.80 Å². The molecule has 1 amide bonds. The highest BCUT2D eigenvalue weighted by Crippen LogP contribution is 2.77. The van der Waals surface area contributed by atoms with Gasteiger partial charge < -0.3 is 19.6 Å². The van der Waals surface area contributed by atoms with E-state index in [1.165, 1.54) is 11.1 Å². The molecule has 280 valence electrons. The lowest BCUT2D eigenvalue weighted by Gasteiger charge is -2.72. The Morgan fingerprint density at radius 2 is 1.50 bits per heavy atom. The fourth-order valence-electron chi connectivity index (χ4n) is 13.2. The van der Waals surface area contributed by atoms with Crippen LogP contribution in [0.4, 0.5) is 0 Å². The third-order valence-electron chi connectivity index (χ3n) is 16.5. The number of esters is 1. The molecule has 1 saturated heterocycles. The van der Waals surface area contributed by atoms with Gasteiger partial charge in [0.15, 0.2) is 0 Å². The van der Waals surface area contributed by atoms with Crippen molar-refractivity contribution in [3.63, 3.8) is 0 Å². The first-order valence-electron chi connectivity index (χ1n) is 19.8. The quantitative estimate of drug-likeness (QED) is 0.167. The van der Waals surface area contributed by atoms with E-state index in [0.717, 1.165) is 77.3 Å². The molecule has 0 aromatic heterocycles. The zero-order valence-electron chi connectivity index (χ0n) is 32.9. The summed E-state index contributed by atoms with van der Waals surface area (Å²) in [7, 11) is 2.08. The molecule has 5 aliphatic carbocycles. The maximum atomic E-state index is 14.6. The van der Waals surface area contributed by atoms with Crippen molar-refractivity contribution < 1.29 is 29.0 Å². The van der Waals surface area contributed by atoms with Gasteiger partial charge in [-0.1, -0.05) is 59.6 Å². The normalized spacial score (nSPS) is 40.0. The lowest BCUT2D eigenvalue weighted by molar-refractivity contribution is -0.233. The maximum Gasteiger partial charge on any atom is 0.309 e. The van der Waals surface area contributed by atoms with E-state index in [0.29, 0.717) is 36.8 Å². The van der Waals surface area contributed by atoms with Gasteiger partial charge in [-0.2, -0.15) is 0 Å². The molecule has 8 heteroatoms. The average molecular weight is 695 g/mol. The summed E-state index contributed by atoms with van der Waals surface area (Å²) in [6, 6.07) is 0. The van der Waals surface area contributed by atoms with Gasteiger partial charge in [-0.3, -0.25) is 19.2 Å². The number of carboxylic acid groups (broad SMARTS) is 1. The van der Waals surface area contributed by atoms with Gasteiger partial charge in [0.25, 0.3) is 5.91 Å². The number of ether oxygens (including phenoxy) is 1. The van der Waals surface area contributed by atoms with Gasteiger partial charge in [0.2, 0.25) is 5.78 Å². The molecule has 1 N–H and O–H groups in total. The highest BCUT2D eigenvalue weighted by Gasteiger charge is 2.70. The molecular formula is C42H66N2O6. The minimum atomic E-state index is -1.16. The number of hydrogen-bond donors (Lipinski definition) is 1. The van der Waals surface area contributed by atoms with Gasteiger partial charge in [-0.05, 0) is 125 Å². The van der Waals surface area contributed by atoms with Gasteiger partial charge in [0.05, 0.1) is 17.3 Å². The summed E-state index contributed by atoms with van der Waals surface area (Å²) >= 11 is 0. The number of allylic oxidation sites excluding steroid dienone is 2. The molecule has 6 rings (SSSR count). The van der Waals surface area contributed by atoms with E-state index in [1.807, 2.05) is 4.90 Å². The number of carbonyl (C=O) groups excluding carboxylic acids is 3. The first-order valence-corrected chi connectivity index (χ1v) is 19.8. The van der Waals surface area contributed by atoms with E-state index in [4.69, 9.17) is 4.74 Å². The number of fused-ring (bicyclic) bond motifs is 7. The van der Waals surface area contributed by atoms with Crippen molar-refractivity contribution in [2.45, 2.75) is 139 Å². The fraction of sp³-hybridized carbons (Fsp3) is 0.857. The Bertz CT molecular complexity index is 1460. The number of carboxylic acids is 1. The first kappa shape index (κ1) is 37.5. The van der Waals surface area contributed by atoms with Crippen molar-refractivity contribution in [3.05, 3.63) is 11.1 Å². The van der Waals surface area contributed by atoms with E-state index in [9.17, 15) is 24.3 Å². The van der Waals surface area contributed by atoms with Crippen molar-refractivity contribution >= 4 is 23.6 Å². The second kappa shape index (κ2) is 12.4. The van der Waals surface area contributed by atoms with Gasteiger partial charge in [0.1, 0.15) is 6.10 Å². The molecule has 0 radical (unpaired) electrons. The van der Waals surface area contributed by atoms with Crippen LogP contribution in [0.3, 0.4) is 0 Å². The van der Waals surface area contributed by atoms with Crippen LogP contribution < -0.4 is 0 Å². The van der Waals surface area contributed by atoms with Crippen molar-refractivity contribution in [3.8, 4) is 0 Å². The number of likely N-dealkylation sites (N-methyl/N-ethyl adjacent to an activating group) is 1. The van der Waals surface area contributed by atoms with E-state index in [1.54, 1.807) is 13.8 Å². The van der Waals surface area contributed by atoms with Crippen LogP contribution in [0.2, 0.25) is 0 Å². The Labute approximate surface area is 301 Å². The number of Topliss-reactive ketones (excluding diaryl/α,β-unsaturated/α-hetero) is 1. The number of nitrogens with zero attached hydrogens (tertiary/aromatic N) is 2. The van der Waals surface area contributed by atoms with Crippen LogP contribution in [0.1, 0.15) is 133 Å². The summed E-state index contributed by atoms with van der Waals surface area (Å²) in [6.45, 7) is 22.8. The van der Waals surface area contributed by atoms with Crippen LogP contribution in [0, 0.1) is 56.2 Å². The minimum Gasteiger partial charge on any atom is -0.481 e. The predicted molar refractivity (Wildman–Crippen MR) is 194 cm³/mol. The summed E-state index contributed by atoms with van der Waals surface area (Å²) in [6.07, 6.45) is 9.24. The fourth-order valence-corrected chi connectivity index (χ4v) is 13.2. The minimum absolute atomic E-state index is 0.0280. The van der Waals surface area contributed by atoms with E-state index < -0.39 is 22.8 Å². The molecule has 0 bridgehead atoms. The zero-order valence-corrected chi connectivity index (χ0v) is 32.9. The Hall–Kier alpha value is -2.22. The molecular weight excluding hydrogens is 628 g/mol. The molecule has 5 fully saturated rings. The monoisotopic (exact) mass is 694 g/mol. The summed E-state index contributed by atoms with van der Waals surface area (Å²) in [5, 5.41) is 9.60. The maximum absolute atomic E-state index is 14.6.